The standard InChI is InChI=1S/C8H13N3O2/c12-7-1-5(2-10-7)8(13)11-6-3-9-4-6/h5-6,9H,1-4H2,(H,10,12)(H,11,13). The molecule has 2 heterocycles. The maximum absolute atomic E-state index is 11.5. The van der Waals surface area contributed by atoms with Crippen LogP contribution in [-0.2, 0) is 9.59 Å². The Labute approximate surface area is 76.3 Å². The van der Waals surface area contributed by atoms with Crippen molar-refractivity contribution < 1.29 is 9.59 Å². The molecule has 1 unspecified atom stereocenters. The third-order valence-electron chi connectivity index (χ3n) is 2.48. The number of amides is 2. The van der Waals surface area contributed by atoms with Gasteiger partial charge < -0.3 is 16.0 Å². The second-order valence-corrected chi connectivity index (χ2v) is 3.57. The molecule has 0 aliphatic carbocycles. The van der Waals surface area contributed by atoms with E-state index in [9.17, 15) is 9.59 Å². The fourth-order valence-corrected chi connectivity index (χ4v) is 1.50. The molecule has 0 bridgehead atoms. The fraction of sp³-hybridized carbons (Fsp3) is 0.750. The number of carbonyl (C=O) groups is 2. The van der Waals surface area contributed by atoms with E-state index in [2.05, 4.69) is 16.0 Å². The minimum Gasteiger partial charge on any atom is -0.355 e. The fourth-order valence-electron chi connectivity index (χ4n) is 1.50. The monoisotopic (exact) mass is 183 g/mol. The van der Waals surface area contributed by atoms with Crippen molar-refractivity contribution in [1.29, 1.82) is 0 Å². The topological polar surface area (TPSA) is 70.2 Å². The number of nitrogens with one attached hydrogen (secondary N) is 3. The van der Waals surface area contributed by atoms with E-state index in [1.54, 1.807) is 0 Å². The Kier molecular flexibility index (Phi) is 2.18. The molecule has 5 nitrogen and oxygen atoms in total. The predicted molar refractivity (Wildman–Crippen MR) is 45.9 cm³/mol. The van der Waals surface area contributed by atoms with Gasteiger partial charge in [-0.2, -0.15) is 0 Å². The normalized spacial score (nSPS) is 28.0. The first kappa shape index (κ1) is 8.50. The Morgan fingerprint density at radius 3 is 2.62 bits per heavy atom. The Bertz CT molecular complexity index is 238. The summed E-state index contributed by atoms with van der Waals surface area (Å²) < 4.78 is 0. The van der Waals surface area contributed by atoms with E-state index in [1.807, 2.05) is 0 Å². The van der Waals surface area contributed by atoms with E-state index in [0.717, 1.165) is 13.1 Å². The highest BCUT2D eigenvalue weighted by atomic mass is 16.2. The van der Waals surface area contributed by atoms with E-state index >= 15 is 0 Å². The van der Waals surface area contributed by atoms with Gasteiger partial charge in [-0.1, -0.05) is 0 Å². The van der Waals surface area contributed by atoms with Gasteiger partial charge in [0.2, 0.25) is 11.8 Å². The zero-order valence-electron chi connectivity index (χ0n) is 7.30. The lowest BCUT2D eigenvalue weighted by Crippen LogP contribution is -2.58. The molecule has 0 aromatic heterocycles. The molecule has 2 rings (SSSR count). The van der Waals surface area contributed by atoms with Crippen LogP contribution in [0.3, 0.4) is 0 Å². The van der Waals surface area contributed by atoms with Crippen LogP contribution in [0.15, 0.2) is 0 Å². The molecule has 2 fully saturated rings. The van der Waals surface area contributed by atoms with Crippen LogP contribution in [0, 0.1) is 5.92 Å². The summed E-state index contributed by atoms with van der Waals surface area (Å²) in [6.45, 7) is 2.19. The van der Waals surface area contributed by atoms with Crippen LogP contribution in [0.1, 0.15) is 6.42 Å². The predicted octanol–water partition coefficient (Wildman–Crippen LogP) is -1.79. The maximum atomic E-state index is 11.5. The van der Waals surface area contributed by atoms with E-state index in [-0.39, 0.29) is 23.8 Å². The van der Waals surface area contributed by atoms with E-state index < -0.39 is 0 Å². The summed E-state index contributed by atoms with van der Waals surface area (Å²) in [5.41, 5.74) is 0. The first-order valence-electron chi connectivity index (χ1n) is 4.53. The average molecular weight is 183 g/mol. The van der Waals surface area contributed by atoms with Crippen LogP contribution in [-0.4, -0.2) is 37.5 Å². The van der Waals surface area contributed by atoms with E-state index in [0.29, 0.717) is 13.0 Å². The molecule has 2 aliphatic heterocycles. The third-order valence-corrected chi connectivity index (χ3v) is 2.48. The molecule has 3 N–H and O–H groups in total. The van der Waals surface area contributed by atoms with Gasteiger partial charge >= 0.3 is 0 Å². The van der Waals surface area contributed by atoms with Crippen LogP contribution < -0.4 is 16.0 Å². The summed E-state index contributed by atoms with van der Waals surface area (Å²) in [4.78, 5) is 22.3. The number of hydrogen-bond donors (Lipinski definition) is 3. The Balaban J connectivity index is 1.79. The quantitative estimate of drug-likeness (QED) is 0.473. The van der Waals surface area contributed by atoms with Crippen LogP contribution >= 0.6 is 0 Å². The van der Waals surface area contributed by atoms with Gasteiger partial charge in [-0.25, -0.2) is 0 Å². The van der Waals surface area contributed by atoms with Gasteiger partial charge in [0.15, 0.2) is 0 Å². The van der Waals surface area contributed by atoms with E-state index in [1.165, 1.54) is 0 Å². The molecule has 2 saturated heterocycles. The zero-order chi connectivity index (χ0) is 9.26. The van der Waals surface area contributed by atoms with Crippen molar-refractivity contribution in [3.05, 3.63) is 0 Å². The molecular formula is C8H13N3O2. The maximum Gasteiger partial charge on any atom is 0.225 e. The Morgan fingerprint density at radius 2 is 2.15 bits per heavy atom. The number of carbonyl (C=O) groups excluding carboxylic acids is 2. The smallest absolute Gasteiger partial charge is 0.225 e. The highest BCUT2D eigenvalue weighted by Gasteiger charge is 2.30. The number of hydrogen-bond acceptors (Lipinski definition) is 3. The molecule has 1 atom stereocenters. The Hall–Kier alpha value is -1.10. The van der Waals surface area contributed by atoms with Crippen LogP contribution in [0.25, 0.3) is 0 Å². The molecule has 0 saturated carbocycles. The zero-order valence-corrected chi connectivity index (χ0v) is 7.30. The summed E-state index contributed by atoms with van der Waals surface area (Å²) in [5.74, 6) is -0.176. The van der Waals surface area contributed by atoms with Gasteiger partial charge in [-0.3, -0.25) is 9.59 Å². The van der Waals surface area contributed by atoms with Gasteiger partial charge in [0.1, 0.15) is 0 Å². The molecular weight excluding hydrogens is 170 g/mol. The Morgan fingerprint density at radius 1 is 1.38 bits per heavy atom. The molecule has 0 radical (unpaired) electrons. The molecule has 0 spiro atoms. The minimum absolute atomic E-state index is 0.00449. The summed E-state index contributed by atoms with van der Waals surface area (Å²) in [7, 11) is 0. The molecule has 0 aromatic carbocycles. The van der Waals surface area contributed by atoms with Gasteiger partial charge in [-0.15, -0.1) is 0 Å². The SMILES string of the molecule is O=C1CC(C(=O)NC2CNC2)CN1. The lowest BCUT2D eigenvalue weighted by Gasteiger charge is -2.28. The van der Waals surface area contributed by atoms with Crippen molar-refractivity contribution in [3.63, 3.8) is 0 Å². The van der Waals surface area contributed by atoms with Crippen LogP contribution in [0.4, 0.5) is 0 Å². The van der Waals surface area contributed by atoms with Crippen molar-refractivity contribution in [2.75, 3.05) is 19.6 Å². The van der Waals surface area contributed by atoms with Crippen molar-refractivity contribution in [2.45, 2.75) is 12.5 Å². The largest absolute Gasteiger partial charge is 0.355 e. The molecule has 5 heteroatoms. The molecule has 72 valence electrons. The molecule has 0 aromatic rings. The van der Waals surface area contributed by atoms with Crippen LogP contribution in [0.5, 0.6) is 0 Å². The first-order valence-corrected chi connectivity index (χ1v) is 4.53. The second kappa shape index (κ2) is 3.33. The van der Waals surface area contributed by atoms with Gasteiger partial charge in [-0.05, 0) is 0 Å². The van der Waals surface area contributed by atoms with Crippen LogP contribution in [0.2, 0.25) is 0 Å². The summed E-state index contributed by atoms with van der Waals surface area (Å²) >= 11 is 0. The van der Waals surface area contributed by atoms with Gasteiger partial charge in [0, 0.05) is 26.1 Å². The molecule has 2 amide bonds. The number of rotatable bonds is 2. The summed E-state index contributed by atoms with van der Waals surface area (Å²) in [5, 5.41) is 8.60. The molecule has 2 aliphatic rings. The van der Waals surface area contributed by atoms with Crippen molar-refractivity contribution in [1.82, 2.24) is 16.0 Å². The van der Waals surface area contributed by atoms with Crippen molar-refractivity contribution in [3.8, 4) is 0 Å². The lowest BCUT2D eigenvalue weighted by atomic mass is 10.1. The van der Waals surface area contributed by atoms with Crippen molar-refractivity contribution in [2.24, 2.45) is 5.92 Å². The highest BCUT2D eigenvalue weighted by Crippen LogP contribution is 2.09. The second-order valence-electron chi connectivity index (χ2n) is 3.57. The van der Waals surface area contributed by atoms with Crippen molar-refractivity contribution >= 4 is 11.8 Å². The average Bonchev–Trinajstić information content (AvgIpc) is 2.44. The van der Waals surface area contributed by atoms with E-state index in [4.69, 9.17) is 0 Å². The van der Waals surface area contributed by atoms with Gasteiger partial charge in [0.05, 0.1) is 12.0 Å². The third kappa shape index (κ3) is 1.80. The lowest BCUT2D eigenvalue weighted by molar-refractivity contribution is -0.127. The molecule has 13 heavy (non-hydrogen) atoms. The summed E-state index contributed by atoms with van der Waals surface area (Å²) in [6.07, 6.45) is 0.339. The minimum atomic E-state index is -0.159. The first-order chi connectivity index (χ1) is 6.25. The highest BCUT2D eigenvalue weighted by molar-refractivity contribution is 5.89. The summed E-state index contributed by atoms with van der Waals surface area (Å²) in [6, 6.07) is 0.267. The van der Waals surface area contributed by atoms with Gasteiger partial charge in [0.25, 0.3) is 0 Å².